The second-order valence-corrected chi connectivity index (χ2v) is 5.27. The molecule has 0 spiro atoms. The van der Waals surface area contributed by atoms with Gasteiger partial charge in [-0.2, -0.15) is 0 Å². The van der Waals surface area contributed by atoms with Gasteiger partial charge in [0.15, 0.2) is 0 Å². The Morgan fingerprint density at radius 2 is 1.89 bits per heavy atom. The highest BCUT2D eigenvalue weighted by atomic mass is 32.2. The summed E-state index contributed by atoms with van der Waals surface area (Å²) in [4.78, 5) is 16.1. The molecular weight excluding hydrogens is 256 g/mol. The van der Waals surface area contributed by atoms with E-state index in [1.54, 1.807) is 6.20 Å². The Balaban J connectivity index is 1.95. The van der Waals surface area contributed by atoms with Crippen LogP contribution in [0.1, 0.15) is 11.1 Å². The van der Waals surface area contributed by atoms with E-state index in [-0.39, 0.29) is 5.91 Å². The Morgan fingerprint density at radius 3 is 2.53 bits per heavy atom. The number of carbonyl (C=O) groups excluding carboxylic acids is 1. The van der Waals surface area contributed by atoms with Crippen molar-refractivity contribution in [3.63, 3.8) is 0 Å². The van der Waals surface area contributed by atoms with Gasteiger partial charge in [0.25, 0.3) is 0 Å². The second-order valence-electron chi connectivity index (χ2n) is 4.27. The monoisotopic (exact) mass is 272 g/mol. The van der Waals surface area contributed by atoms with E-state index in [9.17, 15) is 4.79 Å². The molecule has 4 heteroatoms. The van der Waals surface area contributed by atoms with Crippen LogP contribution in [0.3, 0.4) is 0 Å². The number of para-hydroxylation sites is 1. The first kappa shape index (κ1) is 13.6. The second kappa shape index (κ2) is 6.38. The number of nitrogens with zero attached hydrogens (tertiary/aromatic N) is 1. The number of aromatic nitrogens is 1. The maximum atomic E-state index is 11.9. The molecule has 0 saturated carbocycles. The largest absolute Gasteiger partial charge is 0.325 e. The van der Waals surface area contributed by atoms with Crippen molar-refractivity contribution in [3.8, 4) is 0 Å². The van der Waals surface area contributed by atoms with E-state index in [1.165, 1.54) is 11.8 Å². The summed E-state index contributed by atoms with van der Waals surface area (Å²) >= 11 is 1.44. The number of pyridine rings is 1. The fourth-order valence-electron chi connectivity index (χ4n) is 1.76. The van der Waals surface area contributed by atoms with E-state index in [2.05, 4.69) is 10.3 Å². The number of carbonyl (C=O) groups is 1. The average molecular weight is 272 g/mol. The van der Waals surface area contributed by atoms with Crippen molar-refractivity contribution >= 4 is 23.4 Å². The van der Waals surface area contributed by atoms with Crippen LogP contribution in [0.2, 0.25) is 0 Å². The maximum Gasteiger partial charge on any atom is 0.234 e. The van der Waals surface area contributed by atoms with E-state index in [0.717, 1.165) is 21.8 Å². The van der Waals surface area contributed by atoms with Gasteiger partial charge in [-0.3, -0.25) is 4.79 Å². The van der Waals surface area contributed by atoms with Gasteiger partial charge in [0.2, 0.25) is 5.91 Å². The molecule has 2 rings (SSSR count). The zero-order chi connectivity index (χ0) is 13.7. The summed E-state index contributed by atoms with van der Waals surface area (Å²) in [6.07, 6.45) is 1.73. The predicted octanol–water partition coefficient (Wildman–Crippen LogP) is 3.43. The molecule has 0 bridgehead atoms. The number of hydrogen-bond acceptors (Lipinski definition) is 3. The molecule has 0 atom stereocenters. The van der Waals surface area contributed by atoms with Crippen molar-refractivity contribution in [1.82, 2.24) is 4.98 Å². The molecule has 1 aromatic heterocycles. The normalized spacial score (nSPS) is 10.2. The van der Waals surface area contributed by atoms with E-state index in [0.29, 0.717) is 5.75 Å². The van der Waals surface area contributed by atoms with Crippen molar-refractivity contribution in [2.45, 2.75) is 18.9 Å². The minimum atomic E-state index is -0.00643. The molecule has 0 fully saturated rings. The van der Waals surface area contributed by atoms with Crippen molar-refractivity contribution < 1.29 is 4.79 Å². The van der Waals surface area contributed by atoms with Crippen molar-refractivity contribution in [3.05, 3.63) is 53.7 Å². The van der Waals surface area contributed by atoms with Gasteiger partial charge in [0, 0.05) is 11.9 Å². The highest BCUT2D eigenvalue weighted by Gasteiger charge is 2.07. The fraction of sp³-hybridized carbons (Fsp3) is 0.200. The number of aryl methyl sites for hydroxylation is 2. The van der Waals surface area contributed by atoms with Crippen LogP contribution in [0, 0.1) is 13.8 Å². The zero-order valence-electron chi connectivity index (χ0n) is 11.0. The highest BCUT2D eigenvalue weighted by molar-refractivity contribution is 7.99. The lowest BCUT2D eigenvalue weighted by Crippen LogP contribution is -2.15. The van der Waals surface area contributed by atoms with Crippen LogP contribution >= 0.6 is 11.8 Å². The lowest BCUT2D eigenvalue weighted by molar-refractivity contribution is -0.113. The van der Waals surface area contributed by atoms with Crippen LogP contribution < -0.4 is 5.32 Å². The molecule has 0 radical (unpaired) electrons. The molecule has 1 N–H and O–H groups in total. The summed E-state index contributed by atoms with van der Waals surface area (Å²) in [5, 5.41) is 3.82. The molecular formula is C15H16N2OS. The third-order valence-corrected chi connectivity index (χ3v) is 3.68. The molecule has 2 aromatic rings. The molecule has 19 heavy (non-hydrogen) atoms. The summed E-state index contributed by atoms with van der Waals surface area (Å²) in [6.45, 7) is 3.99. The molecule has 1 heterocycles. The van der Waals surface area contributed by atoms with Crippen molar-refractivity contribution in [2.75, 3.05) is 11.1 Å². The van der Waals surface area contributed by atoms with E-state index >= 15 is 0 Å². The van der Waals surface area contributed by atoms with Crippen LogP contribution in [0.4, 0.5) is 5.69 Å². The Morgan fingerprint density at radius 1 is 1.16 bits per heavy atom. The number of nitrogens with one attached hydrogen (secondary N) is 1. The van der Waals surface area contributed by atoms with Gasteiger partial charge in [0.1, 0.15) is 0 Å². The molecule has 0 unspecified atom stereocenters. The van der Waals surface area contributed by atoms with Crippen LogP contribution in [-0.4, -0.2) is 16.6 Å². The minimum Gasteiger partial charge on any atom is -0.325 e. The van der Waals surface area contributed by atoms with Crippen molar-refractivity contribution in [1.29, 1.82) is 0 Å². The summed E-state index contributed by atoms with van der Waals surface area (Å²) in [7, 11) is 0. The van der Waals surface area contributed by atoms with E-state index < -0.39 is 0 Å². The van der Waals surface area contributed by atoms with Gasteiger partial charge in [-0.25, -0.2) is 4.98 Å². The Labute approximate surface area is 117 Å². The number of amides is 1. The average Bonchev–Trinajstić information content (AvgIpc) is 2.42. The quantitative estimate of drug-likeness (QED) is 0.867. The topological polar surface area (TPSA) is 42.0 Å². The van der Waals surface area contributed by atoms with Gasteiger partial charge in [-0.15, -0.1) is 0 Å². The summed E-state index contributed by atoms with van der Waals surface area (Å²) in [5.41, 5.74) is 3.07. The lowest BCUT2D eigenvalue weighted by Gasteiger charge is -2.11. The third-order valence-electron chi connectivity index (χ3n) is 2.73. The van der Waals surface area contributed by atoms with Gasteiger partial charge >= 0.3 is 0 Å². The standard InChI is InChI=1S/C15H16N2OS/c1-11-6-5-7-12(2)15(11)17-13(18)10-19-14-8-3-4-9-16-14/h3-9H,10H2,1-2H3,(H,17,18). The number of anilines is 1. The first-order valence-electron chi connectivity index (χ1n) is 6.06. The van der Waals surface area contributed by atoms with E-state index in [1.807, 2.05) is 50.2 Å². The van der Waals surface area contributed by atoms with Crippen molar-refractivity contribution in [2.24, 2.45) is 0 Å². The van der Waals surface area contributed by atoms with Crippen LogP contribution in [0.15, 0.2) is 47.6 Å². The Kier molecular flexibility index (Phi) is 4.58. The lowest BCUT2D eigenvalue weighted by atomic mass is 10.1. The smallest absolute Gasteiger partial charge is 0.234 e. The minimum absolute atomic E-state index is 0.00643. The van der Waals surface area contributed by atoms with Gasteiger partial charge in [0.05, 0.1) is 10.8 Å². The number of rotatable bonds is 4. The molecule has 0 aliphatic rings. The fourth-order valence-corrected chi connectivity index (χ4v) is 2.42. The van der Waals surface area contributed by atoms with Gasteiger partial charge in [-0.1, -0.05) is 36.0 Å². The van der Waals surface area contributed by atoms with Gasteiger partial charge < -0.3 is 5.32 Å². The van der Waals surface area contributed by atoms with Crippen LogP contribution in [-0.2, 0) is 4.79 Å². The Bertz CT molecular complexity index is 549. The molecule has 1 aromatic carbocycles. The molecule has 0 saturated heterocycles. The zero-order valence-corrected chi connectivity index (χ0v) is 11.8. The summed E-state index contributed by atoms with van der Waals surface area (Å²) in [5.74, 6) is 0.359. The number of benzene rings is 1. The summed E-state index contributed by atoms with van der Waals surface area (Å²) in [6, 6.07) is 11.7. The molecule has 1 amide bonds. The maximum absolute atomic E-state index is 11.9. The molecule has 3 nitrogen and oxygen atoms in total. The Hall–Kier alpha value is -1.81. The highest BCUT2D eigenvalue weighted by Crippen LogP contribution is 2.20. The third kappa shape index (κ3) is 3.83. The number of hydrogen-bond donors (Lipinski definition) is 1. The SMILES string of the molecule is Cc1cccc(C)c1NC(=O)CSc1ccccn1. The molecule has 0 aliphatic heterocycles. The van der Waals surface area contributed by atoms with Crippen LogP contribution in [0.5, 0.6) is 0 Å². The van der Waals surface area contributed by atoms with Crippen LogP contribution in [0.25, 0.3) is 0 Å². The number of thioether (sulfide) groups is 1. The first-order valence-corrected chi connectivity index (χ1v) is 7.05. The van der Waals surface area contributed by atoms with Gasteiger partial charge in [-0.05, 0) is 37.1 Å². The van der Waals surface area contributed by atoms with E-state index in [4.69, 9.17) is 0 Å². The molecule has 98 valence electrons. The first-order chi connectivity index (χ1) is 9.16. The predicted molar refractivity (Wildman–Crippen MR) is 79.5 cm³/mol. The molecule has 0 aliphatic carbocycles. The summed E-state index contributed by atoms with van der Waals surface area (Å²) < 4.78 is 0.